The molecule has 176 valence electrons. The second-order valence-corrected chi connectivity index (χ2v) is 10.2. The highest BCUT2D eigenvalue weighted by Crippen LogP contribution is 2.43. The van der Waals surface area contributed by atoms with Crippen LogP contribution in [0.15, 0.2) is 30.3 Å². The van der Waals surface area contributed by atoms with Crippen LogP contribution in [0.4, 0.5) is 0 Å². The maximum Gasteiger partial charge on any atom is 0.277 e. The second-order valence-electron chi connectivity index (χ2n) is 9.26. The van der Waals surface area contributed by atoms with Gasteiger partial charge in [0.1, 0.15) is 16.6 Å². The first kappa shape index (κ1) is 22.6. The fourth-order valence-electron chi connectivity index (χ4n) is 5.19. The minimum Gasteiger partial charge on any atom is -0.364 e. The van der Waals surface area contributed by atoms with Crippen molar-refractivity contribution in [3.8, 4) is 0 Å². The largest absolute Gasteiger partial charge is 0.364 e. The number of carbonyl (C=O) groups excluding carboxylic acids is 3. The number of thiazole rings is 1. The lowest BCUT2D eigenvalue weighted by molar-refractivity contribution is -0.108. The normalized spacial score (nSPS) is 19.3. The number of carbonyl (C=O) groups is 3. The maximum absolute atomic E-state index is 12.8. The number of nitrogens with two attached hydrogens (primary N) is 1. The number of aldehydes is 1. The maximum atomic E-state index is 12.8. The number of hydrogen-bond acceptors (Lipinski definition) is 7. The predicted molar refractivity (Wildman–Crippen MR) is 130 cm³/mol. The number of primary amides is 1. The van der Waals surface area contributed by atoms with Gasteiger partial charge in [0.05, 0.1) is 6.04 Å². The van der Waals surface area contributed by atoms with E-state index in [-0.39, 0.29) is 28.8 Å². The van der Waals surface area contributed by atoms with E-state index >= 15 is 0 Å². The van der Waals surface area contributed by atoms with Gasteiger partial charge in [0.15, 0.2) is 5.01 Å². The first-order valence-electron chi connectivity index (χ1n) is 11.6. The van der Waals surface area contributed by atoms with Gasteiger partial charge < -0.3 is 20.7 Å². The van der Waals surface area contributed by atoms with E-state index in [1.54, 1.807) is 0 Å². The van der Waals surface area contributed by atoms with E-state index in [1.165, 1.54) is 11.3 Å². The Bertz CT molecular complexity index is 1270. The Labute approximate surface area is 201 Å². The second kappa shape index (κ2) is 9.23. The van der Waals surface area contributed by atoms with Crippen molar-refractivity contribution in [1.82, 2.24) is 20.2 Å². The van der Waals surface area contributed by atoms with Gasteiger partial charge in [0.25, 0.3) is 11.8 Å². The molecule has 8 nitrogen and oxygen atoms in total. The van der Waals surface area contributed by atoms with Gasteiger partial charge in [0.2, 0.25) is 0 Å². The fourth-order valence-corrected chi connectivity index (χ4v) is 5.97. The quantitative estimate of drug-likeness (QED) is 0.505. The number of rotatable bonds is 7. The molecule has 9 heteroatoms. The Hall–Kier alpha value is -3.17. The summed E-state index contributed by atoms with van der Waals surface area (Å²) in [7, 11) is 2.03. The number of aromatic nitrogens is 2. The zero-order chi connectivity index (χ0) is 23.8. The van der Waals surface area contributed by atoms with Gasteiger partial charge >= 0.3 is 0 Å². The van der Waals surface area contributed by atoms with Gasteiger partial charge in [0, 0.05) is 36.7 Å². The van der Waals surface area contributed by atoms with E-state index in [4.69, 9.17) is 10.7 Å². The molecule has 3 aromatic rings. The number of nitrogens with zero attached hydrogens (tertiary/aromatic N) is 3. The molecule has 1 saturated heterocycles. The van der Waals surface area contributed by atoms with Crippen molar-refractivity contribution in [2.45, 2.75) is 43.6 Å². The lowest BCUT2D eigenvalue weighted by Gasteiger charge is -2.36. The van der Waals surface area contributed by atoms with Crippen LogP contribution >= 0.6 is 11.3 Å². The summed E-state index contributed by atoms with van der Waals surface area (Å²) in [5, 5.41) is 3.33. The number of aryl methyl sites for hydroxylation is 1. The van der Waals surface area contributed by atoms with Gasteiger partial charge in [-0.1, -0.05) is 23.5 Å². The molecule has 0 saturated carbocycles. The van der Waals surface area contributed by atoms with Crippen molar-refractivity contribution >= 4 is 39.8 Å². The molecule has 0 radical (unpaired) electrons. The molecular weight excluding hydrogens is 450 g/mol. The third kappa shape index (κ3) is 4.33. The number of pyridine rings is 1. The Kier molecular flexibility index (Phi) is 6.14. The van der Waals surface area contributed by atoms with Crippen LogP contribution in [0, 0.1) is 0 Å². The zero-order valence-corrected chi connectivity index (χ0v) is 19.8. The fraction of sp³-hybridized carbons (Fsp3) is 0.400. The number of benzene rings is 1. The van der Waals surface area contributed by atoms with E-state index in [9.17, 15) is 14.4 Å². The van der Waals surface area contributed by atoms with Crippen molar-refractivity contribution in [3.05, 3.63) is 57.7 Å². The van der Waals surface area contributed by atoms with Crippen LogP contribution in [-0.2, 0) is 11.2 Å². The first-order valence-corrected chi connectivity index (χ1v) is 12.4. The topological polar surface area (TPSA) is 118 Å². The summed E-state index contributed by atoms with van der Waals surface area (Å²) in [6, 6.07) is 9.79. The lowest BCUT2D eigenvalue weighted by Crippen LogP contribution is -2.57. The molecule has 1 unspecified atom stereocenters. The Morgan fingerprint density at radius 3 is 2.85 bits per heavy atom. The van der Waals surface area contributed by atoms with Gasteiger partial charge in [-0.05, 0) is 61.6 Å². The summed E-state index contributed by atoms with van der Waals surface area (Å²) < 4.78 is 0. The van der Waals surface area contributed by atoms with Crippen molar-refractivity contribution in [2.24, 2.45) is 5.73 Å². The van der Waals surface area contributed by atoms with Crippen LogP contribution in [-0.4, -0.2) is 59.1 Å². The molecular formula is C25H27N5O3S. The summed E-state index contributed by atoms with van der Waals surface area (Å²) >= 11 is 1.20. The van der Waals surface area contributed by atoms with E-state index in [0.29, 0.717) is 22.3 Å². The number of likely N-dealkylation sites (N-methyl/N-ethyl adjacent to an activating group) is 1. The molecule has 1 aromatic carbocycles. The molecule has 1 fully saturated rings. The minimum atomic E-state index is -0.556. The lowest BCUT2D eigenvalue weighted by atomic mass is 9.74. The number of amides is 2. The molecule has 2 atom stereocenters. The van der Waals surface area contributed by atoms with Crippen LogP contribution in [0.25, 0.3) is 10.3 Å². The molecule has 2 aromatic heterocycles. The van der Waals surface area contributed by atoms with Crippen molar-refractivity contribution in [3.63, 3.8) is 0 Å². The van der Waals surface area contributed by atoms with Gasteiger partial charge in [-0.3, -0.25) is 9.59 Å². The molecule has 5 rings (SSSR count). The van der Waals surface area contributed by atoms with E-state index < -0.39 is 5.91 Å². The Balaban J connectivity index is 1.47. The van der Waals surface area contributed by atoms with E-state index in [2.05, 4.69) is 15.2 Å². The smallest absolute Gasteiger partial charge is 0.277 e. The highest BCUT2D eigenvalue weighted by atomic mass is 32.1. The summed E-state index contributed by atoms with van der Waals surface area (Å²) in [5.74, 6) is -0.694. The van der Waals surface area contributed by atoms with Crippen LogP contribution in [0.2, 0.25) is 0 Å². The standard InChI is InChI=1S/C25H27N5O3S/c1-30-12-17(13-30)27-23(33)16-6-2-4-14(10-16)18(8-9-31)19-7-3-5-15-11-20-24(29-21(15)19)34-25(28-20)22(26)32/h2,4,6,9-11,17-19H,3,5,7-8,12-13H2,1H3,(H2,26,32)(H,27,33)/t18-,19?/m0/s1. The number of fused-ring (bicyclic) bond motifs is 2. The Morgan fingerprint density at radius 2 is 2.12 bits per heavy atom. The highest BCUT2D eigenvalue weighted by molar-refractivity contribution is 7.19. The first-order chi connectivity index (χ1) is 16.4. The summed E-state index contributed by atoms with van der Waals surface area (Å²) in [5.41, 5.74) is 9.73. The number of hydrogen-bond donors (Lipinski definition) is 2. The third-order valence-corrected chi connectivity index (χ3v) is 7.81. The van der Waals surface area contributed by atoms with Crippen LogP contribution in [0.3, 0.4) is 0 Å². The van der Waals surface area contributed by atoms with E-state index in [1.807, 2.05) is 37.4 Å². The molecule has 2 amide bonds. The average molecular weight is 478 g/mol. The van der Waals surface area contributed by atoms with E-state index in [0.717, 1.165) is 55.5 Å². The molecule has 0 bridgehead atoms. The van der Waals surface area contributed by atoms with Crippen molar-refractivity contribution in [2.75, 3.05) is 20.1 Å². The molecule has 3 heterocycles. The molecule has 3 N–H and O–H groups in total. The number of nitrogens with one attached hydrogen (secondary N) is 1. The third-order valence-electron chi connectivity index (χ3n) is 6.83. The SMILES string of the molecule is CN1CC(NC(=O)c2cccc([C@H](CC=O)C3CCCc4cc5nc(C(N)=O)sc5nc43)c2)C1. The van der Waals surface area contributed by atoms with Gasteiger partial charge in [-0.25, -0.2) is 9.97 Å². The average Bonchev–Trinajstić information content (AvgIpc) is 3.23. The molecule has 2 aliphatic rings. The summed E-state index contributed by atoms with van der Waals surface area (Å²) in [4.78, 5) is 48.2. The summed E-state index contributed by atoms with van der Waals surface area (Å²) in [6.45, 7) is 1.71. The predicted octanol–water partition coefficient (Wildman–Crippen LogP) is 2.63. The molecule has 34 heavy (non-hydrogen) atoms. The van der Waals surface area contributed by atoms with Crippen LogP contribution in [0.5, 0.6) is 0 Å². The molecule has 1 aliphatic heterocycles. The van der Waals surface area contributed by atoms with Crippen LogP contribution < -0.4 is 11.1 Å². The summed E-state index contributed by atoms with van der Waals surface area (Å²) in [6.07, 6.45) is 4.05. The zero-order valence-electron chi connectivity index (χ0n) is 19.0. The molecule has 1 aliphatic carbocycles. The highest BCUT2D eigenvalue weighted by Gasteiger charge is 2.32. The molecule has 0 spiro atoms. The van der Waals surface area contributed by atoms with Crippen molar-refractivity contribution < 1.29 is 14.4 Å². The Morgan fingerprint density at radius 1 is 1.29 bits per heavy atom. The minimum absolute atomic E-state index is 0.0380. The van der Waals surface area contributed by atoms with Crippen LogP contribution in [0.1, 0.15) is 68.1 Å². The monoisotopic (exact) mass is 477 g/mol. The number of likely N-dealkylation sites (tertiary alicyclic amines) is 1. The van der Waals surface area contributed by atoms with Crippen molar-refractivity contribution in [1.29, 1.82) is 0 Å². The van der Waals surface area contributed by atoms with Gasteiger partial charge in [-0.2, -0.15) is 0 Å². The van der Waals surface area contributed by atoms with Gasteiger partial charge in [-0.15, -0.1) is 0 Å².